The van der Waals surface area contributed by atoms with Gasteiger partial charge in [-0.1, -0.05) is 51.9 Å². The Balaban J connectivity index is 3.79. The zero-order valence-electron chi connectivity index (χ0n) is 14.3. The molecule has 0 aliphatic heterocycles. The van der Waals surface area contributed by atoms with Crippen LogP contribution in [0.1, 0.15) is 86.0 Å². The lowest BCUT2D eigenvalue weighted by Crippen LogP contribution is -2.46. The van der Waals surface area contributed by atoms with Crippen LogP contribution < -0.4 is 0 Å². The molecule has 0 saturated carbocycles. The summed E-state index contributed by atoms with van der Waals surface area (Å²) in [6.45, 7) is 10.1. The molecular formula is C16H36O3Si. The molecule has 0 aromatic carbocycles. The quantitative estimate of drug-likeness (QED) is 0.388. The van der Waals surface area contributed by atoms with Crippen LogP contribution >= 0.6 is 0 Å². The number of hydrogen-bond donors (Lipinski definition) is 1. The fraction of sp³-hybridized carbons (Fsp3) is 1.00. The fourth-order valence-electron chi connectivity index (χ4n) is 2.36. The summed E-state index contributed by atoms with van der Waals surface area (Å²) in [6, 6.07) is 0.693. The minimum absolute atomic E-state index is 0.0273. The third-order valence-corrected chi connectivity index (χ3v) is 5.85. The Labute approximate surface area is 127 Å². The molecule has 0 amide bonds. The van der Waals surface area contributed by atoms with Gasteiger partial charge in [-0.2, -0.15) is 0 Å². The molecule has 3 nitrogen and oxygen atoms in total. The molecule has 0 radical (unpaired) electrons. The molecule has 0 rings (SSSR count). The van der Waals surface area contributed by atoms with Crippen LogP contribution in [0.2, 0.25) is 6.04 Å². The summed E-state index contributed by atoms with van der Waals surface area (Å²) in [6.07, 6.45) is 10.2. The van der Waals surface area contributed by atoms with E-state index < -0.39 is 8.80 Å². The van der Waals surface area contributed by atoms with E-state index in [4.69, 9.17) is 8.85 Å². The zero-order valence-corrected chi connectivity index (χ0v) is 15.3. The number of hydrogen-bond acceptors (Lipinski definition) is 3. The molecule has 0 atom stereocenters. The normalized spacial score (nSPS) is 12.6. The summed E-state index contributed by atoms with van der Waals surface area (Å²) in [5, 5.41) is 0. The molecular weight excluding hydrogens is 268 g/mol. The van der Waals surface area contributed by atoms with Crippen LogP contribution in [0, 0.1) is 0 Å². The summed E-state index contributed by atoms with van der Waals surface area (Å²) < 4.78 is 11.4. The predicted octanol–water partition coefficient (Wildman–Crippen LogP) is 4.91. The number of rotatable bonds is 13. The van der Waals surface area contributed by atoms with Gasteiger partial charge in [-0.15, -0.1) is 0 Å². The first-order valence-corrected chi connectivity index (χ1v) is 10.4. The van der Waals surface area contributed by atoms with Gasteiger partial charge >= 0.3 is 8.80 Å². The van der Waals surface area contributed by atoms with Crippen LogP contribution in [0.4, 0.5) is 0 Å². The van der Waals surface area contributed by atoms with Crippen LogP contribution in [0.15, 0.2) is 0 Å². The maximum atomic E-state index is 10.5. The summed E-state index contributed by atoms with van der Waals surface area (Å²) in [5.74, 6) is 0. The Morgan fingerprint density at radius 2 is 1.15 bits per heavy atom. The molecule has 4 heteroatoms. The first kappa shape index (κ1) is 20.1. The van der Waals surface area contributed by atoms with Crippen molar-refractivity contribution in [2.45, 2.75) is 104 Å². The molecule has 0 aromatic heterocycles. The van der Waals surface area contributed by atoms with Crippen molar-refractivity contribution in [2.24, 2.45) is 0 Å². The highest BCUT2D eigenvalue weighted by molar-refractivity contribution is 6.59. The van der Waals surface area contributed by atoms with Gasteiger partial charge in [0.25, 0.3) is 0 Å². The van der Waals surface area contributed by atoms with Crippen molar-refractivity contribution in [2.75, 3.05) is 0 Å². The highest BCUT2D eigenvalue weighted by Crippen LogP contribution is 2.20. The van der Waals surface area contributed by atoms with Crippen molar-refractivity contribution in [1.82, 2.24) is 0 Å². The van der Waals surface area contributed by atoms with Crippen molar-refractivity contribution < 1.29 is 13.6 Å². The first-order valence-electron chi connectivity index (χ1n) is 8.47. The van der Waals surface area contributed by atoms with Gasteiger partial charge in [0.05, 0.1) is 0 Å². The Morgan fingerprint density at radius 3 is 1.55 bits per heavy atom. The second-order valence-corrected chi connectivity index (χ2v) is 8.67. The van der Waals surface area contributed by atoms with Crippen LogP contribution in [0.25, 0.3) is 0 Å². The van der Waals surface area contributed by atoms with Crippen LogP contribution in [-0.4, -0.2) is 25.8 Å². The molecule has 0 aliphatic rings. The molecule has 122 valence electrons. The highest BCUT2D eigenvalue weighted by Gasteiger charge is 2.38. The molecule has 0 spiro atoms. The van der Waals surface area contributed by atoms with E-state index in [2.05, 4.69) is 6.92 Å². The summed E-state index contributed by atoms with van der Waals surface area (Å²) in [7, 11) is -2.96. The van der Waals surface area contributed by atoms with Gasteiger partial charge < -0.3 is 13.6 Å². The van der Waals surface area contributed by atoms with Gasteiger partial charge in [0.15, 0.2) is 0 Å². The molecule has 0 unspecified atom stereocenters. The predicted molar refractivity (Wildman–Crippen MR) is 87.8 cm³/mol. The van der Waals surface area contributed by atoms with Crippen molar-refractivity contribution in [1.29, 1.82) is 0 Å². The summed E-state index contributed by atoms with van der Waals surface area (Å²) in [5.41, 5.74) is 0. The Morgan fingerprint density at radius 1 is 0.750 bits per heavy atom. The highest BCUT2D eigenvalue weighted by atomic mass is 28.4. The van der Waals surface area contributed by atoms with Gasteiger partial charge in [-0.25, -0.2) is 0 Å². The minimum atomic E-state index is -2.96. The van der Waals surface area contributed by atoms with Crippen LogP contribution in [0.5, 0.6) is 0 Å². The van der Waals surface area contributed by atoms with Crippen molar-refractivity contribution in [3.63, 3.8) is 0 Å². The Hall–Kier alpha value is 0.0969. The lowest BCUT2D eigenvalue weighted by molar-refractivity contribution is 0.0472. The molecule has 0 heterocycles. The first-order chi connectivity index (χ1) is 9.39. The SMILES string of the molecule is CCCCCCCCCC[Si](O)(OC(C)C)OC(C)C. The van der Waals surface area contributed by atoms with Crippen molar-refractivity contribution >= 4 is 8.80 Å². The lowest BCUT2D eigenvalue weighted by Gasteiger charge is -2.28. The topological polar surface area (TPSA) is 38.7 Å². The zero-order chi connectivity index (χ0) is 15.4. The largest absolute Gasteiger partial charge is 0.498 e. The molecule has 0 aliphatic carbocycles. The standard InChI is InChI=1S/C16H36O3Si/c1-6-7-8-9-10-11-12-13-14-20(17,18-15(2)3)19-16(4)5/h15-17H,6-14H2,1-5H3. The minimum Gasteiger partial charge on any atom is -0.390 e. The van der Waals surface area contributed by atoms with Crippen molar-refractivity contribution in [3.05, 3.63) is 0 Å². The summed E-state index contributed by atoms with van der Waals surface area (Å²) >= 11 is 0. The Kier molecular flexibility index (Phi) is 11.8. The van der Waals surface area contributed by atoms with Crippen LogP contribution in [-0.2, 0) is 8.85 Å². The maximum absolute atomic E-state index is 10.5. The van der Waals surface area contributed by atoms with Crippen molar-refractivity contribution in [3.8, 4) is 0 Å². The third kappa shape index (κ3) is 11.9. The second kappa shape index (κ2) is 11.7. The number of unbranched alkanes of at least 4 members (excludes halogenated alkanes) is 7. The van der Waals surface area contributed by atoms with Gasteiger partial charge in [0.1, 0.15) is 0 Å². The molecule has 0 fully saturated rings. The van der Waals surface area contributed by atoms with E-state index in [1.165, 1.54) is 44.9 Å². The molecule has 20 heavy (non-hydrogen) atoms. The van der Waals surface area contributed by atoms with E-state index in [0.717, 1.165) is 6.42 Å². The van der Waals surface area contributed by atoms with Gasteiger partial charge in [-0.05, 0) is 34.1 Å². The van der Waals surface area contributed by atoms with E-state index >= 15 is 0 Å². The Bertz CT molecular complexity index is 210. The van der Waals surface area contributed by atoms with Gasteiger partial charge in [-0.3, -0.25) is 0 Å². The van der Waals surface area contributed by atoms with Gasteiger partial charge in [0, 0.05) is 18.3 Å². The monoisotopic (exact) mass is 304 g/mol. The fourth-order valence-corrected chi connectivity index (χ4v) is 4.83. The average molecular weight is 305 g/mol. The molecule has 1 N–H and O–H groups in total. The van der Waals surface area contributed by atoms with E-state index in [1.807, 2.05) is 27.7 Å². The lowest BCUT2D eigenvalue weighted by atomic mass is 10.1. The smallest absolute Gasteiger partial charge is 0.390 e. The second-order valence-electron chi connectivity index (χ2n) is 6.27. The molecule has 0 bridgehead atoms. The third-order valence-electron chi connectivity index (χ3n) is 3.19. The van der Waals surface area contributed by atoms with Crippen LogP contribution in [0.3, 0.4) is 0 Å². The maximum Gasteiger partial charge on any atom is 0.498 e. The van der Waals surface area contributed by atoms with E-state index in [0.29, 0.717) is 6.04 Å². The molecule has 0 aromatic rings. The summed E-state index contributed by atoms with van der Waals surface area (Å²) in [4.78, 5) is 10.5. The van der Waals surface area contributed by atoms with Gasteiger partial charge in [0.2, 0.25) is 0 Å². The van der Waals surface area contributed by atoms with E-state index in [1.54, 1.807) is 0 Å². The average Bonchev–Trinajstić information content (AvgIpc) is 2.30. The van der Waals surface area contributed by atoms with E-state index in [9.17, 15) is 4.80 Å². The molecule has 0 saturated heterocycles. The van der Waals surface area contributed by atoms with E-state index in [-0.39, 0.29) is 12.2 Å².